The third kappa shape index (κ3) is 2.76. The van der Waals surface area contributed by atoms with Crippen LogP contribution in [0, 0.1) is 6.92 Å². The summed E-state index contributed by atoms with van der Waals surface area (Å²) >= 11 is 0. The summed E-state index contributed by atoms with van der Waals surface area (Å²) in [7, 11) is 0. The highest BCUT2D eigenvalue weighted by molar-refractivity contribution is 5.37. The van der Waals surface area contributed by atoms with Crippen molar-refractivity contribution in [3.63, 3.8) is 0 Å². The number of hydrogen-bond donors (Lipinski definition) is 0. The monoisotopic (exact) mass is 313 g/mol. The molecular formula is C23H23N. The Labute approximate surface area is 144 Å². The van der Waals surface area contributed by atoms with Crippen LogP contribution in [0.25, 0.3) is 0 Å². The minimum Gasteiger partial charge on any atom is -0.279 e. The minimum absolute atomic E-state index is 0.314. The van der Waals surface area contributed by atoms with E-state index < -0.39 is 0 Å². The van der Waals surface area contributed by atoms with Crippen LogP contribution in [-0.2, 0) is 0 Å². The number of benzene rings is 3. The Hall–Kier alpha value is -2.38. The van der Waals surface area contributed by atoms with Crippen LogP contribution < -0.4 is 0 Å². The first-order valence-corrected chi connectivity index (χ1v) is 8.69. The van der Waals surface area contributed by atoms with Gasteiger partial charge in [-0.3, -0.25) is 4.90 Å². The maximum absolute atomic E-state index is 2.62. The molecule has 1 aliphatic heterocycles. The molecule has 0 spiro atoms. The highest BCUT2D eigenvalue weighted by Crippen LogP contribution is 2.51. The second-order valence-electron chi connectivity index (χ2n) is 6.77. The van der Waals surface area contributed by atoms with Gasteiger partial charge in [-0.2, -0.15) is 0 Å². The lowest BCUT2D eigenvalue weighted by Crippen LogP contribution is -2.13. The van der Waals surface area contributed by atoms with Crippen LogP contribution in [0.15, 0.2) is 84.9 Å². The molecule has 1 fully saturated rings. The van der Waals surface area contributed by atoms with E-state index in [1.807, 2.05) is 0 Å². The maximum atomic E-state index is 2.62. The fraction of sp³-hybridized carbons (Fsp3) is 0.217. The second kappa shape index (κ2) is 6.26. The Morgan fingerprint density at radius 1 is 0.708 bits per heavy atom. The zero-order valence-electron chi connectivity index (χ0n) is 14.3. The van der Waals surface area contributed by atoms with Crippen molar-refractivity contribution in [2.45, 2.75) is 32.0 Å². The predicted octanol–water partition coefficient (Wildman–Crippen LogP) is 5.53. The maximum Gasteiger partial charge on any atom is 0.0611 e. The zero-order chi connectivity index (χ0) is 16.5. The molecule has 0 bridgehead atoms. The first-order chi connectivity index (χ1) is 11.8. The van der Waals surface area contributed by atoms with Gasteiger partial charge < -0.3 is 0 Å². The van der Waals surface area contributed by atoms with Gasteiger partial charge in [0.2, 0.25) is 0 Å². The normalized spacial score (nSPS) is 22.5. The average Bonchev–Trinajstić information content (AvgIpc) is 3.28. The number of aryl methyl sites for hydroxylation is 1. The lowest BCUT2D eigenvalue weighted by molar-refractivity contribution is 0.414. The Balaban J connectivity index is 1.71. The summed E-state index contributed by atoms with van der Waals surface area (Å²) in [5.74, 6) is 0. The van der Waals surface area contributed by atoms with E-state index in [2.05, 4.69) is 104 Å². The number of nitrogens with zero attached hydrogens (tertiary/aromatic N) is 1. The Bertz CT molecular complexity index is 753. The molecule has 0 saturated carbocycles. The van der Waals surface area contributed by atoms with Crippen molar-refractivity contribution in [2.75, 3.05) is 0 Å². The van der Waals surface area contributed by atoms with Crippen LogP contribution in [0.4, 0.5) is 0 Å². The van der Waals surface area contributed by atoms with Crippen molar-refractivity contribution in [3.05, 3.63) is 107 Å². The van der Waals surface area contributed by atoms with Gasteiger partial charge in [0.15, 0.2) is 0 Å². The minimum atomic E-state index is 0.314. The van der Waals surface area contributed by atoms with Gasteiger partial charge in [0.1, 0.15) is 0 Å². The van der Waals surface area contributed by atoms with Crippen molar-refractivity contribution in [3.8, 4) is 0 Å². The van der Waals surface area contributed by atoms with Gasteiger partial charge in [-0.25, -0.2) is 0 Å². The molecule has 1 heterocycles. The molecule has 3 unspecified atom stereocenters. The van der Waals surface area contributed by atoms with Crippen LogP contribution in [-0.4, -0.2) is 10.9 Å². The van der Waals surface area contributed by atoms with E-state index >= 15 is 0 Å². The van der Waals surface area contributed by atoms with E-state index in [-0.39, 0.29) is 0 Å². The molecule has 1 heteroatoms. The molecule has 1 aliphatic rings. The molecule has 1 saturated heterocycles. The van der Waals surface area contributed by atoms with Crippen LogP contribution in [0.5, 0.6) is 0 Å². The predicted molar refractivity (Wildman–Crippen MR) is 99.9 cm³/mol. The van der Waals surface area contributed by atoms with Gasteiger partial charge in [0, 0.05) is 6.04 Å². The smallest absolute Gasteiger partial charge is 0.0611 e. The molecule has 0 amide bonds. The van der Waals surface area contributed by atoms with Gasteiger partial charge in [-0.1, -0.05) is 90.5 Å². The summed E-state index contributed by atoms with van der Waals surface area (Å²) in [6, 6.07) is 32.1. The van der Waals surface area contributed by atoms with Gasteiger partial charge in [-0.05, 0) is 30.5 Å². The summed E-state index contributed by atoms with van der Waals surface area (Å²) in [4.78, 5) is 2.62. The number of rotatable bonds is 4. The molecule has 24 heavy (non-hydrogen) atoms. The van der Waals surface area contributed by atoms with E-state index in [1.165, 1.54) is 22.3 Å². The molecule has 0 radical (unpaired) electrons. The van der Waals surface area contributed by atoms with E-state index in [0.717, 1.165) is 0 Å². The van der Waals surface area contributed by atoms with Gasteiger partial charge in [0.05, 0.1) is 12.1 Å². The lowest BCUT2D eigenvalue weighted by atomic mass is 9.98. The van der Waals surface area contributed by atoms with Gasteiger partial charge >= 0.3 is 0 Å². The van der Waals surface area contributed by atoms with E-state index in [0.29, 0.717) is 18.1 Å². The van der Waals surface area contributed by atoms with Crippen molar-refractivity contribution < 1.29 is 0 Å². The van der Waals surface area contributed by atoms with Crippen LogP contribution in [0.2, 0.25) is 0 Å². The number of hydrogen-bond acceptors (Lipinski definition) is 1. The summed E-state index contributed by atoms with van der Waals surface area (Å²) in [5, 5.41) is 0. The summed E-state index contributed by atoms with van der Waals surface area (Å²) in [6.45, 7) is 4.48. The molecule has 3 atom stereocenters. The van der Waals surface area contributed by atoms with Gasteiger partial charge in [0.25, 0.3) is 0 Å². The third-order valence-electron chi connectivity index (χ3n) is 5.11. The first-order valence-electron chi connectivity index (χ1n) is 8.69. The highest BCUT2D eigenvalue weighted by Gasteiger charge is 2.49. The third-order valence-corrected chi connectivity index (χ3v) is 5.11. The summed E-state index contributed by atoms with van der Waals surface area (Å²) in [6.07, 6.45) is 0. The molecule has 0 aliphatic carbocycles. The fourth-order valence-electron chi connectivity index (χ4n) is 3.79. The topological polar surface area (TPSA) is 3.01 Å². The summed E-state index contributed by atoms with van der Waals surface area (Å²) in [5.41, 5.74) is 5.47. The standard InChI is InChI=1S/C23H23N/c1-17-13-15-21(16-14-17)22-18(2)24(22)23(19-9-5-3-6-10-19)20-11-7-4-8-12-20/h3-16,18,22-23H,1-2H3. The zero-order valence-corrected chi connectivity index (χ0v) is 14.3. The molecule has 1 nitrogen and oxygen atoms in total. The van der Waals surface area contributed by atoms with E-state index in [9.17, 15) is 0 Å². The SMILES string of the molecule is Cc1ccc(C2C(C)N2C(c2ccccc2)c2ccccc2)cc1. The molecule has 0 aromatic heterocycles. The largest absolute Gasteiger partial charge is 0.279 e. The Morgan fingerprint density at radius 2 is 1.21 bits per heavy atom. The van der Waals surface area contributed by atoms with E-state index in [1.54, 1.807) is 0 Å². The Kier molecular flexibility index (Phi) is 3.95. The van der Waals surface area contributed by atoms with Crippen LogP contribution >= 0.6 is 0 Å². The Morgan fingerprint density at radius 3 is 1.71 bits per heavy atom. The molecule has 4 rings (SSSR count). The fourth-order valence-corrected chi connectivity index (χ4v) is 3.79. The van der Waals surface area contributed by atoms with Crippen molar-refractivity contribution in [1.29, 1.82) is 0 Å². The second-order valence-corrected chi connectivity index (χ2v) is 6.77. The summed E-state index contributed by atoms with van der Waals surface area (Å²) < 4.78 is 0. The van der Waals surface area contributed by atoms with Crippen molar-refractivity contribution in [2.24, 2.45) is 0 Å². The molecule has 0 N–H and O–H groups in total. The van der Waals surface area contributed by atoms with Gasteiger partial charge in [-0.15, -0.1) is 0 Å². The molecule has 3 aromatic carbocycles. The van der Waals surface area contributed by atoms with E-state index in [4.69, 9.17) is 0 Å². The molecular weight excluding hydrogens is 290 g/mol. The quantitative estimate of drug-likeness (QED) is 0.572. The van der Waals surface area contributed by atoms with Crippen LogP contribution in [0.1, 0.15) is 41.3 Å². The highest BCUT2D eigenvalue weighted by atomic mass is 15.4. The van der Waals surface area contributed by atoms with Crippen LogP contribution in [0.3, 0.4) is 0 Å². The van der Waals surface area contributed by atoms with Crippen molar-refractivity contribution in [1.82, 2.24) is 4.90 Å². The van der Waals surface area contributed by atoms with Crippen molar-refractivity contribution >= 4 is 0 Å². The molecule has 3 aromatic rings. The molecule has 120 valence electrons. The average molecular weight is 313 g/mol. The lowest BCUT2D eigenvalue weighted by Gasteiger charge is -2.21. The first kappa shape index (κ1) is 15.2.